The molecular weight excluding hydrogens is 398 g/mol. The third kappa shape index (κ3) is 5.89. The summed E-state index contributed by atoms with van der Waals surface area (Å²) >= 11 is 0. The van der Waals surface area contributed by atoms with Crippen molar-refractivity contribution in [3.63, 3.8) is 0 Å². The zero-order valence-corrected chi connectivity index (χ0v) is 16.8. The minimum Gasteiger partial charge on any atom is -0.480 e. The summed E-state index contributed by atoms with van der Waals surface area (Å²) in [4.78, 5) is 62.0. The van der Waals surface area contributed by atoms with Crippen molar-refractivity contribution in [1.82, 2.24) is 20.9 Å². The Hall–Kier alpha value is -2.73. The molecule has 2 aliphatic rings. The number of primary amides is 1. The lowest BCUT2D eigenvalue weighted by Gasteiger charge is -2.28. The van der Waals surface area contributed by atoms with Gasteiger partial charge in [0, 0.05) is 6.54 Å². The first-order valence-electron chi connectivity index (χ1n) is 9.95. The molecule has 2 aliphatic heterocycles. The number of aliphatic hydroxyl groups excluding tert-OH is 1. The fraction of sp³-hybridized carbons (Fsp3) is 0.722. The Morgan fingerprint density at radius 1 is 1.17 bits per heavy atom. The summed E-state index contributed by atoms with van der Waals surface area (Å²) in [7, 11) is 0. The molecule has 0 aromatic rings. The van der Waals surface area contributed by atoms with E-state index in [1.165, 1.54) is 11.8 Å². The second kappa shape index (κ2) is 10.3. The maximum absolute atomic E-state index is 12.8. The zero-order chi connectivity index (χ0) is 22.4. The van der Waals surface area contributed by atoms with Gasteiger partial charge in [0.25, 0.3) is 0 Å². The lowest BCUT2D eigenvalue weighted by Crippen LogP contribution is -2.58. The number of nitrogens with one attached hydrogen (secondary N) is 3. The van der Waals surface area contributed by atoms with Crippen molar-refractivity contribution in [1.29, 1.82) is 0 Å². The van der Waals surface area contributed by atoms with Crippen molar-refractivity contribution in [3.8, 4) is 0 Å². The molecule has 168 valence electrons. The van der Waals surface area contributed by atoms with E-state index in [2.05, 4.69) is 16.0 Å². The maximum atomic E-state index is 12.8. The highest BCUT2D eigenvalue weighted by atomic mass is 16.4. The maximum Gasteiger partial charge on any atom is 0.328 e. The highest BCUT2D eigenvalue weighted by Gasteiger charge is 2.39. The van der Waals surface area contributed by atoms with Crippen LogP contribution >= 0.6 is 0 Å². The van der Waals surface area contributed by atoms with E-state index in [0.717, 1.165) is 13.0 Å². The van der Waals surface area contributed by atoms with Gasteiger partial charge >= 0.3 is 5.97 Å². The Morgan fingerprint density at radius 3 is 2.40 bits per heavy atom. The predicted octanol–water partition coefficient (Wildman–Crippen LogP) is -2.96. The molecular formula is C18H29N5O7. The molecule has 2 saturated heterocycles. The van der Waals surface area contributed by atoms with Gasteiger partial charge in [-0.25, -0.2) is 4.79 Å². The van der Waals surface area contributed by atoms with Crippen LogP contribution in [0.4, 0.5) is 0 Å². The number of carboxylic acids is 1. The van der Waals surface area contributed by atoms with Crippen LogP contribution in [-0.2, 0) is 24.0 Å². The van der Waals surface area contributed by atoms with Gasteiger partial charge < -0.3 is 36.8 Å². The number of carbonyl (C=O) groups excluding carboxylic acids is 4. The van der Waals surface area contributed by atoms with Gasteiger partial charge in [-0.1, -0.05) is 0 Å². The van der Waals surface area contributed by atoms with E-state index in [1.807, 2.05) is 0 Å². The summed E-state index contributed by atoms with van der Waals surface area (Å²) in [5.41, 5.74) is 5.16. The molecule has 0 spiro atoms. The number of likely N-dealkylation sites (tertiary alicyclic amines) is 1. The molecule has 0 bridgehead atoms. The highest BCUT2D eigenvalue weighted by molar-refractivity contribution is 5.96. The number of amides is 4. The number of nitrogens with zero attached hydrogens (tertiary/aromatic N) is 1. The minimum absolute atomic E-state index is 0.180. The molecule has 12 nitrogen and oxygen atoms in total. The number of rotatable bonds is 9. The second-order valence-electron chi connectivity index (χ2n) is 7.64. The van der Waals surface area contributed by atoms with Crippen molar-refractivity contribution in [3.05, 3.63) is 0 Å². The van der Waals surface area contributed by atoms with Crippen LogP contribution in [0.2, 0.25) is 0 Å². The van der Waals surface area contributed by atoms with Crippen LogP contribution in [0.5, 0.6) is 0 Å². The molecule has 2 rings (SSSR count). The molecule has 30 heavy (non-hydrogen) atoms. The number of hydrogen-bond acceptors (Lipinski definition) is 7. The van der Waals surface area contributed by atoms with Crippen molar-refractivity contribution < 1.29 is 34.2 Å². The number of nitrogens with two attached hydrogens (primary N) is 1. The van der Waals surface area contributed by atoms with Gasteiger partial charge in [-0.2, -0.15) is 0 Å². The lowest BCUT2D eigenvalue weighted by atomic mass is 10.1. The Labute approximate surface area is 173 Å². The smallest absolute Gasteiger partial charge is 0.328 e. The molecule has 0 aromatic heterocycles. The Kier molecular flexibility index (Phi) is 8.12. The fourth-order valence-corrected chi connectivity index (χ4v) is 3.72. The predicted molar refractivity (Wildman–Crippen MR) is 103 cm³/mol. The first kappa shape index (κ1) is 23.5. The summed E-state index contributed by atoms with van der Waals surface area (Å²) in [5, 5.41) is 26.2. The third-order valence-corrected chi connectivity index (χ3v) is 5.28. The van der Waals surface area contributed by atoms with Gasteiger partial charge in [0.15, 0.2) is 6.04 Å². The van der Waals surface area contributed by atoms with Crippen molar-refractivity contribution >= 4 is 29.6 Å². The fourth-order valence-electron chi connectivity index (χ4n) is 3.72. The van der Waals surface area contributed by atoms with E-state index in [-0.39, 0.29) is 11.9 Å². The van der Waals surface area contributed by atoms with E-state index in [0.29, 0.717) is 25.8 Å². The van der Waals surface area contributed by atoms with Crippen LogP contribution in [0.25, 0.3) is 0 Å². The van der Waals surface area contributed by atoms with E-state index in [1.54, 1.807) is 0 Å². The number of aliphatic carboxylic acids is 1. The molecule has 4 amide bonds. The summed E-state index contributed by atoms with van der Waals surface area (Å²) in [6.07, 6.45) is 0.613. The highest BCUT2D eigenvalue weighted by Crippen LogP contribution is 2.21. The average Bonchev–Trinajstić information content (AvgIpc) is 3.35. The molecule has 5 atom stereocenters. The summed E-state index contributed by atoms with van der Waals surface area (Å²) < 4.78 is 0. The van der Waals surface area contributed by atoms with Gasteiger partial charge in [0.2, 0.25) is 23.6 Å². The van der Waals surface area contributed by atoms with Crippen LogP contribution in [0.3, 0.4) is 0 Å². The molecule has 12 heteroatoms. The lowest BCUT2D eigenvalue weighted by molar-refractivity contribution is -0.145. The van der Waals surface area contributed by atoms with Crippen molar-refractivity contribution in [2.75, 3.05) is 13.1 Å². The van der Waals surface area contributed by atoms with Crippen LogP contribution in [0.1, 0.15) is 39.0 Å². The van der Waals surface area contributed by atoms with Crippen molar-refractivity contribution in [2.24, 2.45) is 5.73 Å². The number of carbonyl (C=O) groups is 5. The third-order valence-electron chi connectivity index (χ3n) is 5.28. The van der Waals surface area contributed by atoms with Crippen molar-refractivity contribution in [2.45, 2.75) is 69.3 Å². The summed E-state index contributed by atoms with van der Waals surface area (Å²) in [5.74, 6) is -4.12. The molecule has 2 heterocycles. The Balaban J connectivity index is 2.08. The normalized spacial score (nSPS) is 24.0. The molecule has 0 aliphatic carbocycles. The topological polar surface area (TPSA) is 191 Å². The van der Waals surface area contributed by atoms with E-state index >= 15 is 0 Å². The van der Waals surface area contributed by atoms with Gasteiger partial charge in [-0.3, -0.25) is 19.2 Å². The van der Waals surface area contributed by atoms with Crippen LogP contribution in [0.15, 0.2) is 0 Å². The molecule has 0 saturated carbocycles. The van der Waals surface area contributed by atoms with Crippen LogP contribution < -0.4 is 21.7 Å². The molecule has 5 unspecified atom stereocenters. The zero-order valence-electron chi connectivity index (χ0n) is 16.8. The molecule has 7 N–H and O–H groups in total. The monoisotopic (exact) mass is 427 g/mol. The quantitative estimate of drug-likeness (QED) is 0.225. The average molecular weight is 427 g/mol. The van der Waals surface area contributed by atoms with Gasteiger partial charge in [0.1, 0.15) is 12.1 Å². The van der Waals surface area contributed by atoms with Gasteiger partial charge in [-0.05, 0) is 39.2 Å². The second-order valence-corrected chi connectivity index (χ2v) is 7.64. The first-order chi connectivity index (χ1) is 14.1. The number of carboxylic acid groups (broad SMARTS) is 1. The number of hydrogen-bond donors (Lipinski definition) is 6. The summed E-state index contributed by atoms with van der Waals surface area (Å²) in [6, 6.07) is -4.19. The van der Waals surface area contributed by atoms with Gasteiger partial charge in [0.05, 0.1) is 18.6 Å². The van der Waals surface area contributed by atoms with Gasteiger partial charge in [-0.15, -0.1) is 0 Å². The van der Waals surface area contributed by atoms with E-state index < -0.39 is 54.3 Å². The SMILES string of the molecule is CC(O)C(NC(=O)C(CC(N)=O)NC(=O)C1CCCN1C(=O)C1CCCN1)C(=O)O. The number of aliphatic hydroxyl groups is 1. The Morgan fingerprint density at radius 2 is 1.87 bits per heavy atom. The summed E-state index contributed by atoms with van der Waals surface area (Å²) in [6.45, 7) is 2.32. The van der Waals surface area contributed by atoms with E-state index in [4.69, 9.17) is 10.8 Å². The van der Waals surface area contributed by atoms with Crippen LogP contribution in [0, 0.1) is 0 Å². The first-order valence-corrected chi connectivity index (χ1v) is 9.95. The largest absolute Gasteiger partial charge is 0.480 e. The molecule has 0 aromatic carbocycles. The molecule has 2 fully saturated rings. The van der Waals surface area contributed by atoms with E-state index in [9.17, 15) is 29.1 Å². The molecule has 0 radical (unpaired) electrons. The van der Waals surface area contributed by atoms with Crippen LogP contribution in [-0.4, -0.2) is 88.1 Å². The minimum atomic E-state index is -1.62. The standard InChI is InChI=1S/C18H29N5O7/c1-9(24)14(18(29)30)22-15(26)11(8-13(19)25)21-16(27)12-5-3-7-23(12)17(28)10-4-2-6-20-10/h9-12,14,20,24H,2-8H2,1H3,(H2,19,25)(H,21,27)(H,22,26)(H,29,30). The Bertz CT molecular complexity index is 692.